The molecule has 0 aliphatic carbocycles. The molecule has 0 aliphatic rings. The van der Waals surface area contributed by atoms with Crippen LogP contribution in [0.1, 0.15) is 57.3 Å². The van der Waals surface area contributed by atoms with Gasteiger partial charge < -0.3 is 55.2 Å². The van der Waals surface area contributed by atoms with E-state index in [4.69, 9.17) is 23.7 Å². The van der Waals surface area contributed by atoms with Gasteiger partial charge in [0.1, 0.15) is 62.7 Å². The normalized spacial score (nSPS) is 12.2. The zero-order valence-electron chi connectivity index (χ0n) is 47.3. The number of aliphatic hydroxyl groups excluding tert-OH is 1. The van der Waals surface area contributed by atoms with Crippen LogP contribution in [0.4, 0.5) is 9.59 Å². The van der Waals surface area contributed by atoms with E-state index in [-0.39, 0.29) is 71.7 Å². The first-order valence-corrected chi connectivity index (χ1v) is 28.2. The maximum Gasteiger partial charge on any atom is 0.408 e. The molecule has 8 aromatic carbocycles. The highest BCUT2D eigenvalue weighted by molar-refractivity contribution is 5.91. The van der Waals surface area contributed by atoms with Crippen molar-refractivity contribution in [1.29, 1.82) is 0 Å². The molecular formula is C69H68N4O13. The highest BCUT2D eigenvalue weighted by Gasteiger charge is 2.30. The van der Waals surface area contributed by atoms with E-state index < -0.39 is 60.2 Å². The number of carboxylic acid groups (broad SMARTS) is 1. The Bertz CT molecular complexity index is 3450. The summed E-state index contributed by atoms with van der Waals surface area (Å²) in [5, 5.41) is 32.2. The van der Waals surface area contributed by atoms with E-state index in [0.29, 0.717) is 33.8 Å². The first kappa shape index (κ1) is 61.8. The molecule has 0 bridgehead atoms. The first-order chi connectivity index (χ1) is 41.9. The molecule has 17 nitrogen and oxygen atoms in total. The van der Waals surface area contributed by atoms with Crippen LogP contribution in [0.5, 0.6) is 11.5 Å². The van der Waals surface area contributed by atoms with Gasteiger partial charge in [0.05, 0.1) is 6.10 Å². The van der Waals surface area contributed by atoms with Crippen molar-refractivity contribution in [2.75, 3.05) is 6.54 Å². The molecule has 0 spiro atoms. The number of esters is 1. The van der Waals surface area contributed by atoms with Crippen LogP contribution in [-0.2, 0) is 85.7 Å². The minimum Gasteiger partial charge on any atom is -0.489 e. The lowest BCUT2D eigenvalue weighted by Gasteiger charge is -2.24. The second-order valence-electron chi connectivity index (χ2n) is 20.3. The number of ether oxygens (including phenoxy) is 5. The lowest BCUT2D eigenvalue weighted by atomic mass is 9.95. The standard InChI is InChI=1S/C69H68N4O13/c74-58(42-70-68(80)85-46-52-27-15-5-16-28-52)33-36-64(75)71-59(65(76)72-61(37-48-19-7-1-8-20-48)67(79)84-45-51-25-13-4-14-26-51)40-56-38-54(31-34-62(56)82-43-49-21-9-2-10-22-49)55-32-35-63(83-44-50-23-11-3-12-24-50)57(39-55)41-60(66(77)78)73-69(81)86-47-53-29-17-6-18-30-53/h1-32,34-35,38-39,58-61,74H,33,36-37,40-47H2,(H,70,80)(H,71,75)(H,72,76)(H,73,81)(H,77,78)/t58-,59+,60+,61+/m1/s1. The van der Waals surface area contributed by atoms with Gasteiger partial charge in [0.2, 0.25) is 11.8 Å². The second kappa shape index (κ2) is 32.5. The summed E-state index contributed by atoms with van der Waals surface area (Å²) in [4.78, 5) is 81.6. The quantitative estimate of drug-likeness (QED) is 0.0182. The zero-order valence-corrected chi connectivity index (χ0v) is 47.3. The third kappa shape index (κ3) is 20.3. The van der Waals surface area contributed by atoms with Crippen molar-refractivity contribution in [3.8, 4) is 22.6 Å². The molecule has 8 rings (SSSR count). The smallest absolute Gasteiger partial charge is 0.408 e. The fraction of sp³-hybridized carbons (Fsp3) is 0.217. The monoisotopic (exact) mass is 1160 g/mol. The number of carboxylic acids is 1. The summed E-state index contributed by atoms with van der Waals surface area (Å²) in [5.41, 5.74) is 6.77. The van der Waals surface area contributed by atoms with Crippen molar-refractivity contribution in [2.45, 2.75) is 89.4 Å². The molecule has 0 radical (unpaired) electrons. The fourth-order valence-electron chi connectivity index (χ4n) is 9.13. The Hall–Kier alpha value is -10.3. The Balaban J connectivity index is 1.09. The summed E-state index contributed by atoms with van der Waals surface area (Å²) in [6.45, 7) is -0.0572. The average molecular weight is 1160 g/mol. The molecule has 442 valence electrons. The van der Waals surface area contributed by atoms with Crippen LogP contribution in [0.2, 0.25) is 0 Å². The van der Waals surface area contributed by atoms with E-state index in [2.05, 4.69) is 21.3 Å². The Morgan fingerprint density at radius 1 is 0.407 bits per heavy atom. The number of rotatable bonds is 30. The Kier molecular flexibility index (Phi) is 23.4. The van der Waals surface area contributed by atoms with Crippen molar-refractivity contribution in [3.63, 3.8) is 0 Å². The molecule has 0 saturated carbocycles. The molecule has 86 heavy (non-hydrogen) atoms. The van der Waals surface area contributed by atoms with Gasteiger partial charge in [-0.1, -0.05) is 194 Å². The van der Waals surface area contributed by atoms with E-state index in [9.17, 15) is 39.0 Å². The second-order valence-corrected chi connectivity index (χ2v) is 20.3. The van der Waals surface area contributed by atoms with E-state index >= 15 is 0 Å². The average Bonchev–Trinajstić information content (AvgIpc) is 2.28. The van der Waals surface area contributed by atoms with Gasteiger partial charge in [0, 0.05) is 32.2 Å². The van der Waals surface area contributed by atoms with Gasteiger partial charge in [-0.15, -0.1) is 0 Å². The minimum atomic E-state index is -1.44. The first-order valence-electron chi connectivity index (χ1n) is 28.2. The lowest BCUT2D eigenvalue weighted by Crippen LogP contribution is -2.53. The van der Waals surface area contributed by atoms with E-state index in [1.165, 1.54) is 0 Å². The maximum absolute atomic E-state index is 15.0. The summed E-state index contributed by atoms with van der Waals surface area (Å²) in [6.07, 6.45) is -3.58. The van der Waals surface area contributed by atoms with Crippen LogP contribution in [0.25, 0.3) is 11.1 Å². The number of nitrogens with one attached hydrogen (secondary N) is 4. The third-order valence-electron chi connectivity index (χ3n) is 13.7. The van der Waals surface area contributed by atoms with Gasteiger partial charge in [-0.25, -0.2) is 19.2 Å². The number of alkyl carbamates (subject to hydrolysis) is 2. The predicted octanol–water partition coefficient (Wildman–Crippen LogP) is 10.00. The van der Waals surface area contributed by atoms with Crippen molar-refractivity contribution < 1.29 is 62.7 Å². The van der Waals surface area contributed by atoms with Gasteiger partial charge in [-0.3, -0.25) is 9.59 Å². The van der Waals surface area contributed by atoms with Crippen molar-refractivity contribution in [3.05, 3.63) is 263 Å². The van der Waals surface area contributed by atoms with E-state index in [0.717, 1.165) is 33.4 Å². The molecule has 6 N–H and O–H groups in total. The summed E-state index contributed by atoms with van der Waals surface area (Å²) in [7, 11) is 0. The van der Waals surface area contributed by atoms with Crippen LogP contribution < -0.4 is 30.7 Å². The topological polar surface area (TPSA) is 237 Å². The molecule has 0 aromatic heterocycles. The van der Waals surface area contributed by atoms with Crippen molar-refractivity contribution in [2.24, 2.45) is 0 Å². The van der Waals surface area contributed by atoms with Gasteiger partial charge in [-0.05, 0) is 86.3 Å². The van der Waals surface area contributed by atoms with Crippen LogP contribution >= 0.6 is 0 Å². The Morgan fingerprint density at radius 3 is 1.27 bits per heavy atom. The SMILES string of the molecule is O=C(CC[C@@H](O)CNC(=O)OCc1ccccc1)N[C@@H](Cc1cc(-c2ccc(OCc3ccccc3)c(C[C@H](NC(=O)OCc3ccccc3)C(=O)O)c2)ccc1OCc1ccccc1)C(=O)N[C@@H](Cc1ccccc1)C(=O)OCc1ccccc1. The van der Waals surface area contributed by atoms with Gasteiger partial charge in [0.25, 0.3) is 0 Å². The molecule has 0 aliphatic heterocycles. The summed E-state index contributed by atoms with van der Waals surface area (Å²) >= 11 is 0. The molecular weight excluding hydrogens is 1090 g/mol. The number of hydrogen-bond donors (Lipinski definition) is 6. The largest absolute Gasteiger partial charge is 0.489 e. The fourth-order valence-corrected chi connectivity index (χ4v) is 9.13. The molecule has 4 amide bonds. The lowest BCUT2D eigenvalue weighted by molar-refractivity contribution is -0.149. The summed E-state index contributed by atoms with van der Waals surface area (Å²) < 4.78 is 29.3. The van der Waals surface area contributed by atoms with Crippen LogP contribution in [0.15, 0.2) is 218 Å². The highest BCUT2D eigenvalue weighted by atomic mass is 16.6. The number of carbonyl (C=O) groups excluding carboxylic acids is 5. The number of amides is 4. The summed E-state index contributed by atoms with van der Waals surface area (Å²) in [5.74, 6) is -2.64. The number of aliphatic carboxylic acids is 1. The molecule has 4 atom stereocenters. The summed E-state index contributed by atoms with van der Waals surface area (Å²) in [6, 6.07) is 61.8. The third-order valence-corrected chi connectivity index (χ3v) is 13.7. The number of aliphatic hydroxyl groups is 1. The minimum absolute atomic E-state index is 0.0193. The predicted molar refractivity (Wildman–Crippen MR) is 322 cm³/mol. The van der Waals surface area contributed by atoms with Crippen LogP contribution in [-0.4, -0.2) is 76.9 Å². The molecule has 0 fully saturated rings. The maximum atomic E-state index is 15.0. The van der Waals surface area contributed by atoms with Crippen molar-refractivity contribution >= 4 is 35.9 Å². The van der Waals surface area contributed by atoms with Gasteiger partial charge in [0.15, 0.2) is 0 Å². The van der Waals surface area contributed by atoms with Crippen molar-refractivity contribution in [1.82, 2.24) is 21.3 Å². The number of hydrogen-bond acceptors (Lipinski definition) is 12. The number of benzene rings is 8. The van der Waals surface area contributed by atoms with E-state index in [1.807, 2.05) is 146 Å². The number of carbonyl (C=O) groups is 6. The highest BCUT2D eigenvalue weighted by Crippen LogP contribution is 2.33. The zero-order chi connectivity index (χ0) is 60.3. The Labute approximate surface area is 499 Å². The van der Waals surface area contributed by atoms with Crippen LogP contribution in [0.3, 0.4) is 0 Å². The Morgan fingerprint density at radius 2 is 0.814 bits per heavy atom. The van der Waals surface area contributed by atoms with Crippen LogP contribution in [0, 0.1) is 0 Å². The van der Waals surface area contributed by atoms with E-state index in [1.54, 1.807) is 72.8 Å². The molecule has 17 heteroatoms. The van der Waals surface area contributed by atoms with Gasteiger partial charge >= 0.3 is 24.1 Å². The van der Waals surface area contributed by atoms with Gasteiger partial charge in [-0.2, -0.15) is 0 Å². The molecule has 0 heterocycles. The molecule has 0 saturated heterocycles. The molecule has 8 aromatic rings. The molecule has 0 unspecified atom stereocenters.